The second-order valence-corrected chi connectivity index (χ2v) is 7.44. The maximum atomic E-state index is 13.8. The molecule has 0 radical (unpaired) electrons. The molecule has 1 N–H and O–H groups in total. The largest absolute Gasteiger partial charge is 0.475 e. The Hall–Kier alpha value is -2.07. The number of pyridine rings is 1. The summed E-state index contributed by atoms with van der Waals surface area (Å²) in [6.45, 7) is 9.89. The number of nitrogens with one attached hydrogen (secondary N) is 1. The van der Waals surface area contributed by atoms with E-state index in [4.69, 9.17) is 9.47 Å². The molecule has 30 heavy (non-hydrogen) atoms. The van der Waals surface area contributed by atoms with E-state index in [1.165, 1.54) is 43.6 Å². The van der Waals surface area contributed by atoms with Crippen LogP contribution in [-0.2, 0) is 9.74 Å². The summed E-state index contributed by atoms with van der Waals surface area (Å²) in [5, 5.41) is 2.95. The van der Waals surface area contributed by atoms with Crippen molar-refractivity contribution in [2.75, 3.05) is 19.8 Å². The number of carbonyl (C=O) groups excluding carboxylic acids is 1. The number of amides is 1. The minimum absolute atomic E-state index is 0.0751. The lowest BCUT2D eigenvalue weighted by Gasteiger charge is -2.24. The van der Waals surface area contributed by atoms with Gasteiger partial charge in [0.15, 0.2) is 10.6 Å². The van der Waals surface area contributed by atoms with E-state index in [1.54, 1.807) is 6.92 Å². The first-order valence-corrected chi connectivity index (χ1v) is 11.0. The van der Waals surface area contributed by atoms with Crippen LogP contribution in [0.5, 0.6) is 11.1 Å². The number of fused-ring (bicyclic) bond motifs is 1. The van der Waals surface area contributed by atoms with Gasteiger partial charge in [-0.1, -0.05) is 31.6 Å². The van der Waals surface area contributed by atoms with Gasteiger partial charge in [0.1, 0.15) is 12.1 Å². The van der Waals surface area contributed by atoms with Crippen molar-refractivity contribution in [1.82, 2.24) is 15.3 Å². The van der Waals surface area contributed by atoms with Crippen LogP contribution < -0.4 is 14.8 Å². The normalized spacial score (nSPS) is 13.8. The summed E-state index contributed by atoms with van der Waals surface area (Å²) < 4.78 is 35.6. The summed E-state index contributed by atoms with van der Waals surface area (Å²) in [7, 11) is 0. The minimum Gasteiger partial charge on any atom is -0.475 e. The number of rotatable bonds is 8. The highest BCUT2D eigenvalue weighted by atomic mass is 32.1. The van der Waals surface area contributed by atoms with Gasteiger partial charge in [0.2, 0.25) is 5.91 Å². The molecule has 0 aliphatic heterocycles. The second-order valence-electron chi connectivity index (χ2n) is 6.50. The number of ether oxygens (including phenoxy) is 2. The lowest BCUT2D eigenvalue weighted by molar-refractivity contribution is -0.141. The van der Waals surface area contributed by atoms with Gasteiger partial charge >= 0.3 is 0 Å². The van der Waals surface area contributed by atoms with Crippen LogP contribution in [0.3, 0.4) is 0 Å². The highest BCUT2D eigenvalue weighted by Gasteiger charge is 2.20. The quantitative estimate of drug-likeness (QED) is 0.623. The van der Waals surface area contributed by atoms with E-state index in [9.17, 15) is 13.7 Å². The maximum Gasteiger partial charge on any atom is 0.275 e. The molecule has 1 unspecified atom stereocenters. The number of hydrogen-bond donors (Lipinski definition) is 1. The molecule has 1 saturated carbocycles. The molecule has 2 heterocycles. The van der Waals surface area contributed by atoms with E-state index in [0.29, 0.717) is 34.7 Å². The van der Waals surface area contributed by atoms with Crippen LogP contribution in [0.25, 0.3) is 10.3 Å². The maximum absolute atomic E-state index is 13.8. The Kier molecular flexibility index (Phi) is 12.1. The van der Waals surface area contributed by atoms with Gasteiger partial charge in [-0.2, -0.15) is 9.93 Å². The van der Waals surface area contributed by atoms with Gasteiger partial charge in [0, 0.05) is 13.0 Å². The minimum atomic E-state index is -0.458. The van der Waals surface area contributed by atoms with E-state index in [-0.39, 0.29) is 24.4 Å². The van der Waals surface area contributed by atoms with Gasteiger partial charge in [-0.25, -0.2) is 9.37 Å². The Balaban J connectivity index is 0.000000349. The molecule has 0 bridgehead atoms. The van der Waals surface area contributed by atoms with Gasteiger partial charge in [-0.05, 0) is 37.1 Å². The number of hydrogen-bond acceptors (Lipinski definition) is 7. The summed E-state index contributed by atoms with van der Waals surface area (Å²) in [5.74, 6) is -0.0110. The Bertz CT molecular complexity index is 772. The smallest absolute Gasteiger partial charge is 0.275 e. The zero-order valence-corrected chi connectivity index (χ0v) is 19.0. The van der Waals surface area contributed by atoms with E-state index in [0.717, 1.165) is 0 Å². The van der Waals surface area contributed by atoms with Gasteiger partial charge in [-0.3, -0.25) is 4.79 Å². The molecule has 1 fully saturated rings. The first kappa shape index (κ1) is 26.0. The van der Waals surface area contributed by atoms with Crippen LogP contribution >= 0.6 is 11.3 Å². The molecule has 0 saturated heterocycles. The molecule has 2 aromatic rings. The van der Waals surface area contributed by atoms with Crippen molar-refractivity contribution >= 4 is 27.6 Å². The SMILES string of the molecule is CC.CC(=O)NC(C)COF.CCOc1nc2cc(F)c(OCC3CCC3)nc2s1. The standard InChI is InChI=1S/C13H15FN2O2S.C5H10FNO2.C2H6/c1-2-17-13-15-10-6-9(14)11(16-12(10)19-13)18-7-8-4-3-5-8;1-4(3-9-6)7-5(2)8;1-2/h6,8H,2-5,7H2,1H3;4H,3H2,1-2H3,(H,7,8);1-2H3. The van der Waals surface area contributed by atoms with Crippen molar-refractivity contribution in [3.8, 4) is 11.1 Å². The molecule has 3 rings (SSSR count). The Morgan fingerprint density at radius 3 is 2.57 bits per heavy atom. The molecule has 1 aliphatic rings. The monoisotopic (exact) mass is 447 g/mol. The van der Waals surface area contributed by atoms with Crippen LogP contribution in [0.15, 0.2) is 6.07 Å². The topological polar surface area (TPSA) is 82.6 Å². The predicted molar refractivity (Wildman–Crippen MR) is 113 cm³/mol. The zero-order valence-electron chi connectivity index (χ0n) is 18.2. The highest BCUT2D eigenvalue weighted by molar-refractivity contribution is 7.19. The average Bonchev–Trinajstić information content (AvgIpc) is 3.03. The van der Waals surface area contributed by atoms with Crippen LogP contribution in [-0.4, -0.2) is 41.7 Å². The fraction of sp³-hybridized carbons (Fsp3) is 0.650. The third-order valence-corrected chi connectivity index (χ3v) is 4.87. The Morgan fingerprint density at radius 1 is 1.33 bits per heavy atom. The van der Waals surface area contributed by atoms with E-state index >= 15 is 0 Å². The van der Waals surface area contributed by atoms with Crippen molar-refractivity contribution in [3.05, 3.63) is 11.9 Å². The van der Waals surface area contributed by atoms with E-state index in [1.807, 2.05) is 20.8 Å². The van der Waals surface area contributed by atoms with E-state index < -0.39 is 5.82 Å². The van der Waals surface area contributed by atoms with Crippen molar-refractivity contribution < 1.29 is 28.1 Å². The van der Waals surface area contributed by atoms with Gasteiger partial charge < -0.3 is 14.8 Å². The third-order valence-electron chi connectivity index (χ3n) is 4.00. The van der Waals surface area contributed by atoms with Gasteiger partial charge in [0.05, 0.1) is 19.3 Å². The summed E-state index contributed by atoms with van der Waals surface area (Å²) in [6.07, 6.45) is 3.58. The molecular formula is C20H31F2N3O4S. The number of halogens is 2. The first-order chi connectivity index (χ1) is 14.4. The van der Waals surface area contributed by atoms with E-state index in [2.05, 4.69) is 20.2 Å². The second kappa shape index (κ2) is 14.0. The van der Waals surface area contributed by atoms with Crippen molar-refractivity contribution in [2.24, 2.45) is 5.92 Å². The summed E-state index contributed by atoms with van der Waals surface area (Å²) in [6, 6.07) is 1.10. The Morgan fingerprint density at radius 2 is 2.03 bits per heavy atom. The fourth-order valence-corrected chi connectivity index (χ4v) is 3.26. The first-order valence-electron chi connectivity index (χ1n) is 10.2. The molecule has 7 nitrogen and oxygen atoms in total. The molecule has 1 amide bonds. The Labute approximate surface area is 180 Å². The third kappa shape index (κ3) is 8.74. The summed E-state index contributed by atoms with van der Waals surface area (Å²) in [4.78, 5) is 22.5. The van der Waals surface area contributed by atoms with Gasteiger partial charge in [0.25, 0.3) is 11.1 Å². The van der Waals surface area contributed by atoms with Crippen LogP contribution in [0.4, 0.5) is 8.92 Å². The van der Waals surface area contributed by atoms with Crippen molar-refractivity contribution in [2.45, 2.75) is 59.9 Å². The molecule has 0 spiro atoms. The fourth-order valence-electron chi connectivity index (χ4n) is 2.43. The lowest BCUT2D eigenvalue weighted by Crippen LogP contribution is -2.33. The summed E-state index contributed by atoms with van der Waals surface area (Å²) in [5.41, 5.74) is 0.516. The molecule has 1 aliphatic carbocycles. The zero-order chi connectivity index (χ0) is 22.5. The number of aromatic nitrogens is 2. The molecular weight excluding hydrogens is 416 g/mol. The highest BCUT2D eigenvalue weighted by Crippen LogP contribution is 2.31. The van der Waals surface area contributed by atoms with Crippen LogP contribution in [0, 0.1) is 11.7 Å². The average molecular weight is 448 g/mol. The number of nitrogens with zero attached hydrogens (tertiary/aromatic N) is 2. The molecule has 10 heteroatoms. The molecule has 1 atom stereocenters. The summed E-state index contributed by atoms with van der Waals surface area (Å²) >= 11 is 1.31. The van der Waals surface area contributed by atoms with Crippen molar-refractivity contribution in [3.63, 3.8) is 0 Å². The molecule has 0 aromatic carbocycles. The lowest BCUT2D eigenvalue weighted by atomic mass is 9.86. The van der Waals surface area contributed by atoms with Crippen LogP contribution in [0.2, 0.25) is 0 Å². The molecule has 170 valence electrons. The molecule has 2 aromatic heterocycles. The van der Waals surface area contributed by atoms with Crippen LogP contribution in [0.1, 0.15) is 53.9 Å². The van der Waals surface area contributed by atoms with Crippen molar-refractivity contribution in [1.29, 1.82) is 0 Å². The van der Waals surface area contributed by atoms with Gasteiger partial charge in [-0.15, -0.1) is 0 Å². The number of carbonyl (C=O) groups is 1. The number of thiazole rings is 1. The predicted octanol–water partition coefficient (Wildman–Crippen LogP) is 4.85.